The number of nitrogens with zero attached hydrogens (tertiary/aromatic N) is 3. The number of rotatable bonds is 3. The molecule has 1 N–H and O–H groups in total. The zero-order valence-corrected chi connectivity index (χ0v) is 9.78. The topological polar surface area (TPSA) is 77.2 Å². The van der Waals surface area contributed by atoms with Crippen molar-refractivity contribution in [3.05, 3.63) is 41.5 Å². The molecule has 0 spiro atoms. The first-order chi connectivity index (χ1) is 9.11. The van der Waals surface area contributed by atoms with Crippen LogP contribution in [-0.2, 0) is 13.0 Å². The van der Waals surface area contributed by atoms with Gasteiger partial charge < -0.3 is 9.84 Å². The highest BCUT2D eigenvalue weighted by Crippen LogP contribution is 2.29. The van der Waals surface area contributed by atoms with Crippen LogP contribution in [0.25, 0.3) is 0 Å². The summed E-state index contributed by atoms with van der Waals surface area (Å²) in [5.41, 5.74) is 0.699. The quantitative estimate of drug-likeness (QED) is 0.897. The molecule has 1 atom stereocenters. The molecule has 6 nitrogen and oxygen atoms in total. The van der Waals surface area contributed by atoms with Gasteiger partial charge in [0.05, 0.1) is 12.7 Å². The van der Waals surface area contributed by atoms with Crippen LogP contribution in [0.2, 0.25) is 0 Å². The molecular formula is C12H10FN3O3. The number of aromatic nitrogens is 3. The van der Waals surface area contributed by atoms with Gasteiger partial charge >= 0.3 is 5.97 Å². The van der Waals surface area contributed by atoms with Crippen LogP contribution in [-0.4, -0.2) is 32.2 Å². The molecule has 3 rings (SSSR count). The van der Waals surface area contributed by atoms with E-state index in [-0.39, 0.29) is 17.6 Å². The van der Waals surface area contributed by atoms with Gasteiger partial charge in [0, 0.05) is 12.0 Å². The van der Waals surface area contributed by atoms with Gasteiger partial charge in [0.1, 0.15) is 17.7 Å². The number of hydrogen-bond donors (Lipinski definition) is 1. The lowest BCUT2D eigenvalue weighted by atomic mass is 10.1. The van der Waals surface area contributed by atoms with Gasteiger partial charge in [-0.3, -0.25) is 0 Å². The Labute approximate surface area is 107 Å². The lowest BCUT2D eigenvalue weighted by molar-refractivity contribution is 0.0690. The maximum Gasteiger partial charge on any atom is 0.358 e. The number of carboxylic acids is 1. The molecule has 1 aliphatic rings. The normalized spacial score (nSPS) is 17.0. The molecule has 0 saturated heterocycles. The average Bonchev–Trinajstić information content (AvgIpc) is 2.95. The van der Waals surface area contributed by atoms with Crippen LogP contribution in [0, 0.1) is 5.82 Å². The number of carbonyl (C=O) groups is 1. The van der Waals surface area contributed by atoms with Crippen molar-refractivity contribution in [2.45, 2.75) is 19.1 Å². The Hall–Kier alpha value is -2.44. The number of halogens is 1. The first kappa shape index (κ1) is 11.6. The number of benzene rings is 1. The summed E-state index contributed by atoms with van der Waals surface area (Å²) in [6.45, 7) is 0.372. The molecule has 2 aromatic rings. The molecule has 2 heterocycles. The van der Waals surface area contributed by atoms with Crippen molar-refractivity contribution in [1.82, 2.24) is 15.0 Å². The van der Waals surface area contributed by atoms with Gasteiger partial charge in [-0.2, -0.15) is 0 Å². The van der Waals surface area contributed by atoms with Crippen molar-refractivity contribution >= 4 is 5.97 Å². The maximum absolute atomic E-state index is 13.1. The van der Waals surface area contributed by atoms with E-state index in [0.29, 0.717) is 18.7 Å². The summed E-state index contributed by atoms with van der Waals surface area (Å²) < 4.78 is 20.1. The molecule has 0 bridgehead atoms. The van der Waals surface area contributed by atoms with Crippen LogP contribution in [0.4, 0.5) is 4.39 Å². The van der Waals surface area contributed by atoms with Crippen molar-refractivity contribution in [3.63, 3.8) is 0 Å². The summed E-state index contributed by atoms with van der Waals surface area (Å²) in [4.78, 5) is 10.7. The second-order valence-electron chi connectivity index (χ2n) is 4.33. The van der Waals surface area contributed by atoms with Gasteiger partial charge in [0.15, 0.2) is 5.69 Å². The number of fused-ring (bicyclic) bond motifs is 1. The van der Waals surface area contributed by atoms with Crippen molar-refractivity contribution in [1.29, 1.82) is 0 Å². The Balaban J connectivity index is 1.71. The molecule has 1 aromatic carbocycles. The molecule has 0 amide bonds. The smallest absolute Gasteiger partial charge is 0.358 e. The van der Waals surface area contributed by atoms with Gasteiger partial charge in [-0.15, -0.1) is 5.10 Å². The largest absolute Gasteiger partial charge is 0.488 e. The Morgan fingerprint density at radius 3 is 3.16 bits per heavy atom. The van der Waals surface area contributed by atoms with Crippen molar-refractivity contribution in [2.75, 3.05) is 0 Å². The van der Waals surface area contributed by atoms with Gasteiger partial charge in [0.2, 0.25) is 0 Å². The van der Waals surface area contributed by atoms with E-state index in [0.717, 1.165) is 5.56 Å². The highest BCUT2D eigenvalue weighted by Gasteiger charge is 2.24. The highest BCUT2D eigenvalue weighted by atomic mass is 19.1. The Bertz CT molecular complexity index is 641. The minimum atomic E-state index is -1.12. The standard InChI is InChI=1S/C12H10FN3O3/c13-8-1-2-11-7(3-8)4-9(19-11)5-16-6-10(12(17)18)14-15-16/h1-3,6,9H,4-5H2,(H,17,18). The molecule has 1 aliphatic heterocycles. The summed E-state index contributed by atoms with van der Waals surface area (Å²) >= 11 is 0. The third-order valence-corrected chi connectivity index (χ3v) is 2.91. The summed E-state index contributed by atoms with van der Waals surface area (Å²) in [5.74, 6) is -0.758. The van der Waals surface area contributed by atoms with Gasteiger partial charge in [-0.25, -0.2) is 13.9 Å². The van der Waals surface area contributed by atoms with Gasteiger partial charge in [-0.1, -0.05) is 5.21 Å². The Morgan fingerprint density at radius 1 is 1.58 bits per heavy atom. The maximum atomic E-state index is 13.1. The Morgan fingerprint density at radius 2 is 2.42 bits per heavy atom. The number of carboxylic acid groups (broad SMARTS) is 1. The zero-order chi connectivity index (χ0) is 13.4. The van der Waals surface area contributed by atoms with E-state index in [1.807, 2.05) is 0 Å². The molecule has 0 radical (unpaired) electrons. The second kappa shape index (κ2) is 4.34. The molecule has 0 aliphatic carbocycles. The zero-order valence-electron chi connectivity index (χ0n) is 9.78. The van der Waals surface area contributed by atoms with E-state index in [9.17, 15) is 9.18 Å². The van der Waals surface area contributed by atoms with Crippen LogP contribution >= 0.6 is 0 Å². The highest BCUT2D eigenvalue weighted by molar-refractivity contribution is 5.84. The van der Waals surface area contributed by atoms with Gasteiger partial charge in [-0.05, 0) is 18.2 Å². The third kappa shape index (κ3) is 2.26. The van der Waals surface area contributed by atoms with E-state index in [4.69, 9.17) is 9.84 Å². The molecule has 7 heteroatoms. The van der Waals surface area contributed by atoms with Crippen LogP contribution in [0.5, 0.6) is 5.75 Å². The summed E-state index contributed by atoms with van der Waals surface area (Å²) in [7, 11) is 0. The van der Waals surface area contributed by atoms with E-state index >= 15 is 0 Å². The molecular weight excluding hydrogens is 253 g/mol. The average molecular weight is 263 g/mol. The third-order valence-electron chi connectivity index (χ3n) is 2.91. The predicted octanol–water partition coefficient (Wildman–Crippen LogP) is 1.12. The fourth-order valence-electron chi connectivity index (χ4n) is 2.09. The van der Waals surface area contributed by atoms with Crippen LogP contribution in [0.15, 0.2) is 24.4 Å². The van der Waals surface area contributed by atoms with Gasteiger partial charge in [0.25, 0.3) is 0 Å². The minimum absolute atomic E-state index is 0.110. The number of hydrogen-bond acceptors (Lipinski definition) is 4. The summed E-state index contributed by atoms with van der Waals surface area (Å²) in [6.07, 6.45) is 1.71. The monoisotopic (exact) mass is 263 g/mol. The predicted molar refractivity (Wildman–Crippen MR) is 61.5 cm³/mol. The molecule has 1 aromatic heterocycles. The summed E-state index contributed by atoms with van der Waals surface area (Å²) in [6, 6.07) is 4.38. The molecule has 19 heavy (non-hydrogen) atoms. The van der Waals surface area contributed by atoms with E-state index in [1.54, 1.807) is 6.07 Å². The minimum Gasteiger partial charge on any atom is -0.488 e. The first-order valence-corrected chi connectivity index (χ1v) is 5.70. The van der Waals surface area contributed by atoms with Crippen LogP contribution in [0.3, 0.4) is 0 Å². The van der Waals surface area contributed by atoms with E-state index < -0.39 is 5.97 Å². The van der Waals surface area contributed by atoms with E-state index in [2.05, 4.69) is 10.3 Å². The van der Waals surface area contributed by atoms with Crippen LogP contribution < -0.4 is 4.74 Å². The first-order valence-electron chi connectivity index (χ1n) is 5.70. The second-order valence-corrected chi connectivity index (χ2v) is 4.33. The fraction of sp³-hybridized carbons (Fsp3) is 0.250. The van der Waals surface area contributed by atoms with Crippen molar-refractivity contribution in [2.24, 2.45) is 0 Å². The summed E-state index contributed by atoms with van der Waals surface area (Å²) in [5, 5.41) is 16.0. The van der Waals surface area contributed by atoms with E-state index in [1.165, 1.54) is 23.0 Å². The van der Waals surface area contributed by atoms with Crippen LogP contribution in [0.1, 0.15) is 16.1 Å². The molecule has 1 unspecified atom stereocenters. The lowest BCUT2D eigenvalue weighted by Gasteiger charge is -2.09. The van der Waals surface area contributed by atoms with Crippen molar-refractivity contribution in [3.8, 4) is 5.75 Å². The molecule has 0 fully saturated rings. The van der Waals surface area contributed by atoms with Crippen molar-refractivity contribution < 1.29 is 19.0 Å². The Kier molecular flexibility index (Phi) is 2.66. The molecule has 98 valence electrons. The molecule has 0 saturated carbocycles. The SMILES string of the molecule is O=C(O)c1cn(CC2Cc3cc(F)ccc3O2)nn1. The number of aromatic carboxylic acids is 1. The lowest BCUT2D eigenvalue weighted by Crippen LogP contribution is -2.21. The number of ether oxygens (including phenoxy) is 1. The fourth-order valence-corrected chi connectivity index (χ4v) is 2.09.